The minimum atomic E-state index is -0.230. The zero-order valence-electron chi connectivity index (χ0n) is 11.6. The molecule has 2 rings (SSSR count). The normalized spacial score (nSPS) is 19.0. The molecule has 1 saturated heterocycles. The zero-order valence-corrected chi connectivity index (χ0v) is 11.6. The number of carbonyl (C=O) groups is 3. The van der Waals surface area contributed by atoms with Crippen LogP contribution in [0.25, 0.3) is 0 Å². The minimum absolute atomic E-state index is 0.210. The van der Waals surface area contributed by atoms with Crippen LogP contribution in [0.5, 0.6) is 0 Å². The van der Waals surface area contributed by atoms with Gasteiger partial charge < -0.3 is 10.2 Å². The summed E-state index contributed by atoms with van der Waals surface area (Å²) in [6, 6.07) is 0. The lowest BCUT2D eigenvalue weighted by Gasteiger charge is -2.27. The van der Waals surface area contributed by atoms with Crippen LogP contribution < -0.4 is 5.32 Å². The number of hydrogen-bond donors (Lipinski definition) is 1. The largest absolute Gasteiger partial charge is 0.340 e. The number of nitrogens with one attached hydrogen (secondary N) is 1. The number of unbranched alkanes of at least 4 members (excludes halogenated alkanes) is 2. The van der Waals surface area contributed by atoms with Crippen molar-refractivity contribution in [2.24, 2.45) is 0 Å². The van der Waals surface area contributed by atoms with E-state index in [0.29, 0.717) is 13.0 Å². The van der Waals surface area contributed by atoms with Gasteiger partial charge in [-0.1, -0.05) is 6.42 Å². The van der Waals surface area contributed by atoms with Crippen molar-refractivity contribution in [1.82, 2.24) is 15.1 Å². The Morgan fingerprint density at radius 1 is 1.05 bits per heavy atom. The zero-order chi connectivity index (χ0) is 14.4. The number of nitrogens with zero attached hydrogens (tertiary/aromatic N) is 2. The SMILES string of the molecule is O=C(CCCCCN1C(=O)C=CC1=O)N1CCNCC1. The molecule has 20 heavy (non-hydrogen) atoms. The predicted octanol–water partition coefficient (Wildman–Crippen LogP) is -0.0964. The van der Waals surface area contributed by atoms with Gasteiger partial charge in [0.1, 0.15) is 0 Å². The van der Waals surface area contributed by atoms with Crippen LogP contribution in [0.1, 0.15) is 25.7 Å². The molecule has 0 aromatic carbocycles. The molecule has 0 aromatic heterocycles. The lowest BCUT2D eigenvalue weighted by molar-refractivity contribution is -0.137. The first-order chi connectivity index (χ1) is 9.68. The predicted molar refractivity (Wildman–Crippen MR) is 73.8 cm³/mol. The highest BCUT2D eigenvalue weighted by atomic mass is 16.2. The molecule has 6 nitrogen and oxygen atoms in total. The van der Waals surface area contributed by atoms with Gasteiger partial charge in [0.05, 0.1) is 0 Å². The highest BCUT2D eigenvalue weighted by molar-refractivity contribution is 6.12. The number of amides is 3. The first kappa shape index (κ1) is 14.7. The van der Waals surface area contributed by atoms with Crippen molar-refractivity contribution in [2.75, 3.05) is 32.7 Å². The second kappa shape index (κ2) is 7.19. The van der Waals surface area contributed by atoms with Crippen LogP contribution in [0.15, 0.2) is 12.2 Å². The number of rotatable bonds is 6. The van der Waals surface area contributed by atoms with E-state index in [-0.39, 0.29) is 17.7 Å². The van der Waals surface area contributed by atoms with Crippen molar-refractivity contribution in [3.8, 4) is 0 Å². The Morgan fingerprint density at radius 3 is 2.35 bits per heavy atom. The summed E-state index contributed by atoms with van der Waals surface area (Å²) in [6.45, 7) is 3.78. The summed E-state index contributed by atoms with van der Waals surface area (Å²) >= 11 is 0. The second-order valence-corrected chi connectivity index (χ2v) is 5.10. The number of piperazine rings is 1. The third kappa shape index (κ3) is 3.90. The van der Waals surface area contributed by atoms with Gasteiger partial charge in [0.15, 0.2) is 0 Å². The van der Waals surface area contributed by atoms with E-state index in [9.17, 15) is 14.4 Å². The molecule has 2 aliphatic rings. The fraction of sp³-hybridized carbons (Fsp3) is 0.643. The van der Waals surface area contributed by atoms with Crippen LogP contribution in [-0.4, -0.2) is 60.2 Å². The van der Waals surface area contributed by atoms with Crippen LogP contribution in [0.4, 0.5) is 0 Å². The van der Waals surface area contributed by atoms with Gasteiger partial charge in [-0.15, -0.1) is 0 Å². The summed E-state index contributed by atoms with van der Waals surface area (Å²) in [5.74, 6) is -0.250. The summed E-state index contributed by atoms with van der Waals surface area (Å²) in [4.78, 5) is 37.7. The van der Waals surface area contributed by atoms with Crippen molar-refractivity contribution in [1.29, 1.82) is 0 Å². The van der Waals surface area contributed by atoms with Crippen molar-refractivity contribution in [2.45, 2.75) is 25.7 Å². The van der Waals surface area contributed by atoms with Crippen LogP contribution >= 0.6 is 0 Å². The van der Waals surface area contributed by atoms with Crippen molar-refractivity contribution >= 4 is 17.7 Å². The van der Waals surface area contributed by atoms with E-state index in [0.717, 1.165) is 45.4 Å². The van der Waals surface area contributed by atoms with E-state index in [2.05, 4.69) is 5.32 Å². The van der Waals surface area contributed by atoms with E-state index in [1.165, 1.54) is 17.1 Å². The Balaban J connectivity index is 1.56. The average molecular weight is 279 g/mol. The average Bonchev–Trinajstić information content (AvgIpc) is 2.79. The fourth-order valence-corrected chi connectivity index (χ4v) is 2.45. The van der Waals surface area contributed by atoms with Crippen LogP contribution in [0.3, 0.4) is 0 Å². The van der Waals surface area contributed by atoms with Gasteiger partial charge in [-0.2, -0.15) is 0 Å². The summed E-state index contributed by atoms with van der Waals surface area (Å²) in [5, 5.41) is 3.22. The van der Waals surface area contributed by atoms with E-state index in [1.807, 2.05) is 4.90 Å². The highest BCUT2D eigenvalue weighted by Gasteiger charge is 2.22. The molecule has 2 heterocycles. The number of carbonyl (C=O) groups excluding carboxylic acids is 3. The molecule has 0 aromatic rings. The Bertz CT molecular complexity index is 396. The molecular weight excluding hydrogens is 258 g/mol. The Labute approximate surface area is 118 Å². The topological polar surface area (TPSA) is 69.7 Å². The number of hydrogen-bond acceptors (Lipinski definition) is 4. The number of imide groups is 1. The standard InChI is InChI=1S/C14H21N3O3/c18-12(16-10-7-15-8-11-16)4-2-1-3-9-17-13(19)5-6-14(17)20/h5-6,15H,1-4,7-11H2. The third-order valence-electron chi connectivity index (χ3n) is 3.64. The monoisotopic (exact) mass is 279 g/mol. The van der Waals surface area contributed by atoms with E-state index in [4.69, 9.17) is 0 Å². The van der Waals surface area contributed by atoms with Gasteiger partial charge in [0, 0.05) is 51.3 Å². The lowest BCUT2D eigenvalue weighted by atomic mass is 10.1. The van der Waals surface area contributed by atoms with E-state index >= 15 is 0 Å². The Kier molecular flexibility index (Phi) is 5.29. The maximum atomic E-state index is 11.9. The maximum Gasteiger partial charge on any atom is 0.253 e. The van der Waals surface area contributed by atoms with Gasteiger partial charge in [0.25, 0.3) is 11.8 Å². The molecule has 6 heteroatoms. The van der Waals surface area contributed by atoms with Crippen LogP contribution in [-0.2, 0) is 14.4 Å². The van der Waals surface area contributed by atoms with Gasteiger partial charge in [0.2, 0.25) is 5.91 Å². The fourth-order valence-electron chi connectivity index (χ4n) is 2.45. The maximum absolute atomic E-state index is 11.9. The van der Waals surface area contributed by atoms with Crippen molar-refractivity contribution in [3.63, 3.8) is 0 Å². The first-order valence-electron chi connectivity index (χ1n) is 7.20. The Hall–Kier alpha value is -1.69. The molecule has 0 saturated carbocycles. The molecule has 0 spiro atoms. The van der Waals surface area contributed by atoms with Crippen molar-refractivity contribution in [3.05, 3.63) is 12.2 Å². The smallest absolute Gasteiger partial charge is 0.253 e. The molecule has 1 fully saturated rings. The molecule has 0 atom stereocenters. The van der Waals surface area contributed by atoms with Gasteiger partial charge >= 0.3 is 0 Å². The van der Waals surface area contributed by atoms with E-state index < -0.39 is 0 Å². The third-order valence-corrected chi connectivity index (χ3v) is 3.64. The Morgan fingerprint density at radius 2 is 1.70 bits per heavy atom. The molecule has 0 unspecified atom stereocenters. The molecule has 0 radical (unpaired) electrons. The van der Waals surface area contributed by atoms with Gasteiger partial charge in [-0.05, 0) is 12.8 Å². The van der Waals surface area contributed by atoms with E-state index in [1.54, 1.807) is 0 Å². The van der Waals surface area contributed by atoms with Gasteiger partial charge in [-0.25, -0.2) is 0 Å². The summed E-state index contributed by atoms with van der Waals surface area (Å²) in [7, 11) is 0. The van der Waals surface area contributed by atoms with Crippen LogP contribution in [0, 0.1) is 0 Å². The summed E-state index contributed by atoms with van der Waals surface area (Å²) in [6.07, 6.45) is 5.59. The molecule has 3 amide bonds. The molecule has 2 aliphatic heterocycles. The summed E-state index contributed by atoms with van der Waals surface area (Å²) < 4.78 is 0. The molecule has 0 bridgehead atoms. The quantitative estimate of drug-likeness (QED) is 0.545. The molecule has 1 N–H and O–H groups in total. The minimum Gasteiger partial charge on any atom is -0.340 e. The molecule has 110 valence electrons. The van der Waals surface area contributed by atoms with Crippen molar-refractivity contribution < 1.29 is 14.4 Å². The molecule has 0 aliphatic carbocycles. The molecular formula is C14H21N3O3. The first-order valence-corrected chi connectivity index (χ1v) is 7.20. The second-order valence-electron chi connectivity index (χ2n) is 5.10. The van der Waals surface area contributed by atoms with Crippen LogP contribution in [0.2, 0.25) is 0 Å². The highest BCUT2D eigenvalue weighted by Crippen LogP contribution is 2.09. The van der Waals surface area contributed by atoms with Gasteiger partial charge in [-0.3, -0.25) is 19.3 Å². The summed E-state index contributed by atoms with van der Waals surface area (Å²) in [5.41, 5.74) is 0. The lowest BCUT2D eigenvalue weighted by Crippen LogP contribution is -2.46.